The maximum atomic E-state index is 12.9. The summed E-state index contributed by atoms with van der Waals surface area (Å²) in [5.41, 5.74) is -1.20. The molecule has 0 aromatic heterocycles. The highest BCUT2D eigenvalue weighted by Crippen LogP contribution is 2.51. The minimum Gasteiger partial charge on any atom is -0.349 e. The van der Waals surface area contributed by atoms with E-state index in [1.165, 1.54) is 18.2 Å². The van der Waals surface area contributed by atoms with Gasteiger partial charge in [0.05, 0.1) is 17.0 Å². The molecule has 2 aromatic rings. The van der Waals surface area contributed by atoms with Crippen LogP contribution >= 0.6 is 11.6 Å². The molecular formula is C21H17ClF3N3O3. The van der Waals surface area contributed by atoms with Gasteiger partial charge in [-0.1, -0.05) is 30.3 Å². The van der Waals surface area contributed by atoms with Crippen molar-refractivity contribution in [1.29, 1.82) is 0 Å². The normalized spacial score (nSPS) is 21.9. The van der Waals surface area contributed by atoms with Crippen LogP contribution in [0.25, 0.3) is 11.1 Å². The summed E-state index contributed by atoms with van der Waals surface area (Å²) >= 11 is 6.46. The fourth-order valence-electron chi connectivity index (χ4n) is 3.71. The lowest BCUT2D eigenvalue weighted by atomic mass is 9.92. The third kappa shape index (κ3) is 3.74. The first-order chi connectivity index (χ1) is 14.6. The van der Waals surface area contributed by atoms with Gasteiger partial charge in [0.25, 0.3) is 11.8 Å². The van der Waals surface area contributed by atoms with Crippen molar-refractivity contribution in [2.45, 2.75) is 29.4 Å². The predicted octanol–water partition coefficient (Wildman–Crippen LogP) is 3.45. The van der Waals surface area contributed by atoms with Crippen LogP contribution in [0, 0.1) is 0 Å². The van der Waals surface area contributed by atoms with Crippen molar-refractivity contribution in [3.05, 3.63) is 59.7 Å². The molecule has 1 saturated heterocycles. The molecule has 0 radical (unpaired) electrons. The summed E-state index contributed by atoms with van der Waals surface area (Å²) in [6.45, 7) is -0.228. The predicted molar refractivity (Wildman–Crippen MR) is 106 cm³/mol. The summed E-state index contributed by atoms with van der Waals surface area (Å²) in [7, 11) is 0. The SMILES string of the molecule is O=C1NC(=O)C(CNC(=O)c2ccccc2-c2ccc(C(F)(F)F)cc2)(C2(Cl)CC2)N1. The largest absolute Gasteiger partial charge is 0.416 e. The zero-order chi connectivity index (χ0) is 22.4. The van der Waals surface area contributed by atoms with Gasteiger partial charge in [0.2, 0.25) is 0 Å². The van der Waals surface area contributed by atoms with Crippen LogP contribution in [0.5, 0.6) is 0 Å². The molecule has 0 spiro atoms. The Hall–Kier alpha value is -3.07. The molecule has 0 bridgehead atoms. The average Bonchev–Trinajstić information content (AvgIpc) is 3.41. The van der Waals surface area contributed by atoms with Crippen molar-refractivity contribution in [1.82, 2.24) is 16.0 Å². The summed E-state index contributed by atoms with van der Waals surface area (Å²) in [5.74, 6) is -1.16. The van der Waals surface area contributed by atoms with Crippen molar-refractivity contribution < 1.29 is 27.6 Å². The second-order valence-corrected chi connectivity index (χ2v) is 8.31. The maximum absolute atomic E-state index is 12.9. The van der Waals surface area contributed by atoms with E-state index in [1.54, 1.807) is 18.2 Å². The van der Waals surface area contributed by atoms with E-state index >= 15 is 0 Å². The molecule has 1 unspecified atom stereocenters. The minimum absolute atomic E-state index is 0.210. The first kappa shape index (κ1) is 21.2. The Balaban J connectivity index is 1.58. The highest BCUT2D eigenvalue weighted by Gasteiger charge is 2.66. The van der Waals surface area contributed by atoms with Gasteiger partial charge in [-0.05, 0) is 42.2 Å². The molecule has 2 aliphatic rings. The van der Waals surface area contributed by atoms with E-state index in [-0.39, 0.29) is 12.1 Å². The number of benzene rings is 2. The Kier molecular flexibility index (Phi) is 4.96. The number of hydrogen-bond donors (Lipinski definition) is 3. The molecular weight excluding hydrogens is 435 g/mol. The van der Waals surface area contributed by atoms with Gasteiger partial charge in [-0.15, -0.1) is 11.6 Å². The lowest BCUT2D eigenvalue weighted by Gasteiger charge is -2.31. The molecule has 1 aliphatic carbocycles. The Morgan fingerprint density at radius 1 is 1.06 bits per heavy atom. The number of carbonyl (C=O) groups excluding carboxylic acids is 3. The van der Waals surface area contributed by atoms with Crippen molar-refractivity contribution in [2.75, 3.05) is 6.54 Å². The topological polar surface area (TPSA) is 87.3 Å². The highest BCUT2D eigenvalue weighted by molar-refractivity contribution is 6.30. The number of halogens is 4. The van der Waals surface area contributed by atoms with E-state index in [0.29, 0.717) is 24.0 Å². The Bertz CT molecular complexity index is 1070. The van der Waals surface area contributed by atoms with Gasteiger partial charge < -0.3 is 10.6 Å². The Labute approximate surface area is 180 Å². The molecule has 2 aromatic carbocycles. The maximum Gasteiger partial charge on any atom is 0.416 e. The number of amides is 4. The van der Waals surface area contributed by atoms with E-state index in [9.17, 15) is 27.6 Å². The van der Waals surface area contributed by atoms with Crippen LogP contribution in [0.4, 0.5) is 18.0 Å². The molecule has 4 amide bonds. The van der Waals surface area contributed by atoms with Crippen LogP contribution in [0.1, 0.15) is 28.8 Å². The molecule has 1 saturated carbocycles. The molecule has 1 heterocycles. The summed E-state index contributed by atoms with van der Waals surface area (Å²) in [6, 6.07) is 10.2. The number of alkyl halides is 4. The van der Waals surface area contributed by atoms with Crippen LogP contribution < -0.4 is 16.0 Å². The third-order valence-corrected chi connectivity index (χ3v) is 6.31. The van der Waals surface area contributed by atoms with Crippen molar-refractivity contribution in [2.24, 2.45) is 0 Å². The summed E-state index contributed by atoms with van der Waals surface area (Å²) in [4.78, 5) is 36.1. The Morgan fingerprint density at radius 2 is 1.71 bits per heavy atom. The van der Waals surface area contributed by atoms with E-state index in [4.69, 9.17) is 11.6 Å². The van der Waals surface area contributed by atoms with Crippen molar-refractivity contribution >= 4 is 29.4 Å². The first-order valence-corrected chi connectivity index (χ1v) is 9.81. The molecule has 162 valence electrons. The molecule has 1 aliphatic heterocycles. The molecule has 6 nitrogen and oxygen atoms in total. The lowest BCUT2D eigenvalue weighted by Crippen LogP contribution is -2.62. The van der Waals surface area contributed by atoms with Gasteiger partial charge in [-0.25, -0.2) is 4.79 Å². The monoisotopic (exact) mass is 451 g/mol. The van der Waals surface area contributed by atoms with Crippen LogP contribution in [-0.2, 0) is 11.0 Å². The number of urea groups is 1. The van der Waals surface area contributed by atoms with Gasteiger partial charge in [-0.2, -0.15) is 13.2 Å². The second-order valence-electron chi connectivity index (χ2n) is 7.58. The van der Waals surface area contributed by atoms with Crippen LogP contribution in [0.15, 0.2) is 48.5 Å². The first-order valence-electron chi connectivity index (χ1n) is 9.43. The fourth-order valence-corrected chi connectivity index (χ4v) is 4.00. The highest BCUT2D eigenvalue weighted by atomic mass is 35.5. The summed E-state index contributed by atoms with van der Waals surface area (Å²) < 4.78 is 38.5. The van der Waals surface area contributed by atoms with Crippen molar-refractivity contribution in [3.63, 3.8) is 0 Å². The molecule has 31 heavy (non-hydrogen) atoms. The molecule has 1 atom stereocenters. The van der Waals surface area contributed by atoms with E-state index in [1.807, 2.05) is 0 Å². The summed E-state index contributed by atoms with van der Waals surface area (Å²) in [5, 5.41) is 7.34. The smallest absolute Gasteiger partial charge is 0.349 e. The van der Waals surface area contributed by atoms with E-state index in [0.717, 1.165) is 12.1 Å². The van der Waals surface area contributed by atoms with E-state index in [2.05, 4.69) is 16.0 Å². The number of nitrogens with one attached hydrogen (secondary N) is 3. The zero-order valence-electron chi connectivity index (χ0n) is 16.0. The van der Waals surface area contributed by atoms with Crippen LogP contribution in [0.3, 0.4) is 0 Å². The van der Waals surface area contributed by atoms with Gasteiger partial charge in [0, 0.05) is 5.56 Å². The van der Waals surface area contributed by atoms with Crippen LogP contribution in [-0.4, -0.2) is 34.8 Å². The number of carbonyl (C=O) groups is 3. The summed E-state index contributed by atoms with van der Waals surface area (Å²) in [6.07, 6.45) is -3.46. The van der Waals surface area contributed by atoms with Crippen LogP contribution in [0.2, 0.25) is 0 Å². The average molecular weight is 452 g/mol. The molecule has 10 heteroatoms. The number of rotatable bonds is 5. The van der Waals surface area contributed by atoms with E-state index < -0.39 is 40.0 Å². The van der Waals surface area contributed by atoms with Gasteiger partial charge in [-0.3, -0.25) is 14.9 Å². The quantitative estimate of drug-likeness (QED) is 0.480. The fraction of sp³-hybridized carbons (Fsp3) is 0.286. The van der Waals surface area contributed by atoms with Gasteiger partial charge in [0.1, 0.15) is 0 Å². The standard InChI is InChI=1S/C21H17ClF3N3O3/c22-19(9-10-19)20(17(30)27-18(31)28-20)11-26-16(29)15-4-2-1-3-14(15)12-5-7-13(8-6-12)21(23,24)25/h1-8H,9-11H2,(H,26,29)(H2,27,28,30,31). The van der Waals surface area contributed by atoms with Gasteiger partial charge in [0.15, 0.2) is 5.54 Å². The molecule has 2 fully saturated rings. The number of imide groups is 1. The molecule has 4 rings (SSSR count). The van der Waals surface area contributed by atoms with Gasteiger partial charge >= 0.3 is 12.2 Å². The number of hydrogen-bond acceptors (Lipinski definition) is 3. The third-order valence-electron chi connectivity index (χ3n) is 5.60. The molecule has 3 N–H and O–H groups in total. The van der Waals surface area contributed by atoms with Crippen molar-refractivity contribution in [3.8, 4) is 11.1 Å². The minimum atomic E-state index is -4.46. The zero-order valence-corrected chi connectivity index (χ0v) is 16.7. The second kappa shape index (κ2) is 7.26. The lowest BCUT2D eigenvalue weighted by molar-refractivity contribution is -0.137. The Morgan fingerprint density at radius 3 is 2.26 bits per heavy atom.